The topological polar surface area (TPSA) is 67.6 Å². The summed E-state index contributed by atoms with van der Waals surface area (Å²) in [5, 5.41) is 0. The second kappa shape index (κ2) is 7.38. The fourth-order valence-electron chi connectivity index (χ4n) is 3.15. The van der Waals surface area contributed by atoms with Crippen LogP contribution in [-0.2, 0) is 33.8 Å². The van der Waals surface area contributed by atoms with Gasteiger partial charge in [-0.2, -0.15) is 13.2 Å². The minimum atomic E-state index is -4.49. The summed E-state index contributed by atoms with van der Waals surface area (Å²) in [4.78, 5) is 14.2. The molecule has 0 radical (unpaired) electrons. The molecule has 1 aliphatic heterocycles. The SMILES string of the molecule is O=C(Cc1cccc(C(F)(F)F)c1)N(Cc1ccco1)C1CCS(=O)(=O)C1. The Balaban J connectivity index is 1.80. The largest absolute Gasteiger partial charge is 0.467 e. The van der Waals surface area contributed by atoms with Gasteiger partial charge in [-0.1, -0.05) is 18.2 Å². The number of sulfone groups is 1. The monoisotopic (exact) mass is 401 g/mol. The normalized spacial score (nSPS) is 19.1. The first kappa shape index (κ1) is 19.5. The molecule has 5 nitrogen and oxygen atoms in total. The number of hydrogen-bond acceptors (Lipinski definition) is 4. The Hall–Kier alpha value is -2.29. The van der Waals surface area contributed by atoms with E-state index >= 15 is 0 Å². The highest BCUT2D eigenvalue weighted by Crippen LogP contribution is 2.30. The number of carbonyl (C=O) groups is 1. The van der Waals surface area contributed by atoms with Crippen LogP contribution in [0, 0.1) is 0 Å². The first-order chi connectivity index (χ1) is 12.6. The van der Waals surface area contributed by atoms with Crippen molar-refractivity contribution in [1.82, 2.24) is 4.90 Å². The van der Waals surface area contributed by atoms with Gasteiger partial charge in [0.05, 0.1) is 36.3 Å². The number of amides is 1. The number of halogens is 3. The third kappa shape index (κ3) is 4.91. The molecule has 1 amide bonds. The van der Waals surface area contributed by atoms with Crippen molar-refractivity contribution in [3.05, 3.63) is 59.5 Å². The predicted molar refractivity (Wildman–Crippen MR) is 91.5 cm³/mol. The number of nitrogens with zero attached hydrogens (tertiary/aromatic N) is 1. The van der Waals surface area contributed by atoms with Gasteiger partial charge in [-0.3, -0.25) is 4.79 Å². The summed E-state index contributed by atoms with van der Waals surface area (Å²) in [6.45, 7) is 0.0744. The van der Waals surface area contributed by atoms with E-state index in [0.717, 1.165) is 12.1 Å². The molecule has 1 aromatic carbocycles. The van der Waals surface area contributed by atoms with Gasteiger partial charge in [0.15, 0.2) is 9.84 Å². The lowest BCUT2D eigenvalue weighted by atomic mass is 10.1. The molecule has 146 valence electrons. The van der Waals surface area contributed by atoms with Crippen LogP contribution in [0.5, 0.6) is 0 Å². The third-order valence-corrected chi connectivity index (χ3v) is 6.24. The van der Waals surface area contributed by atoms with Gasteiger partial charge in [-0.05, 0) is 30.2 Å². The number of carbonyl (C=O) groups excluding carboxylic acids is 1. The first-order valence-corrected chi connectivity index (χ1v) is 10.1. The molecule has 0 spiro atoms. The Bertz CT molecular complexity index is 907. The molecule has 1 aliphatic rings. The van der Waals surface area contributed by atoms with Crippen LogP contribution >= 0.6 is 0 Å². The van der Waals surface area contributed by atoms with Crippen molar-refractivity contribution < 1.29 is 30.8 Å². The fraction of sp³-hybridized carbons (Fsp3) is 0.389. The molecular weight excluding hydrogens is 383 g/mol. The molecule has 1 fully saturated rings. The highest BCUT2D eigenvalue weighted by molar-refractivity contribution is 7.91. The summed E-state index contributed by atoms with van der Waals surface area (Å²) in [7, 11) is -3.23. The minimum absolute atomic E-state index is 0.0108. The van der Waals surface area contributed by atoms with Gasteiger partial charge in [-0.25, -0.2) is 8.42 Å². The number of furan rings is 1. The van der Waals surface area contributed by atoms with Crippen molar-refractivity contribution in [3.63, 3.8) is 0 Å². The van der Waals surface area contributed by atoms with Crippen molar-refractivity contribution in [2.45, 2.75) is 31.6 Å². The molecule has 1 atom stereocenters. The standard InChI is InChI=1S/C18H18F3NO4S/c19-18(20,21)14-4-1-3-13(9-14)10-17(23)22(11-16-5-2-7-26-16)15-6-8-27(24,25)12-15/h1-5,7,9,15H,6,8,10-12H2. The Kier molecular flexibility index (Phi) is 5.32. The van der Waals surface area contributed by atoms with Crippen molar-refractivity contribution >= 4 is 15.7 Å². The summed E-state index contributed by atoms with van der Waals surface area (Å²) in [6.07, 6.45) is -3.00. The van der Waals surface area contributed by atoms with Crippen LogP contribution in [0.3, 0.4) is 0 Å². The van der Waals surface area contributed by atoms with Gasteiger partial charge < -0.3 is 9.32 Å². The maximum absolute atomic E-state index is 12.9. The molecule has 0 bridgehead atoms. The van der Waals surface area contributed by atoms with Crippen molar-refractivity contribution in [2.75, 3.05) is 11.5 Å². The molecule has 1 aromatic heterocycles. The van der Waals surface area contributed by atoms with E-state index in [-0.39, 0.29) is 30.0 Å². The zero-order chi connectivity index (χ0) is 19.7. The maximum atomic E-state index is 12.9. The first-order valence-electron chi connectivity index (χ1n) is 8.32. The highest BCUT2D eigenvalue weighted by Gasteiger charge is 2.35. The lowest BCUT2D eigenvalue weighted by Gasteiger charge is -2.27. The van der Waals surface area contributed by atoms with Crippen LogP contribution in [0.1, 0.15) is 23.3 Å². The van der Waals surface area contributed by atoms with Gasteiger partial charge in [-0.15, -0.1) is 0 Å². The van der Waals surface area contributed by atoms with Crippen LogP contribution in [0.15, 0.2) is 47.1 Å². The van der Waals surface area contributed by atoms with Gasteiger partial charge in [0.1, 0.15) is 5.76 Å². The van der Waals surface area contributed by atoms with E-state index in [4.69, 9.17) is 4.42 Å². The number of benzene rings is 1. The van der Waals surface area contributed by atoms with Gasteiger partial charge in [0.25, 0.3) is 0 Å². The molecule has 3 rings (SSSR count). The fourth-order valence-corrected chi connectivity index (χ4v) is 4.88. The van der Waals surface area contributed by atoms with Gasteiger partial charge >= 0.3 is 6.18 Å². The summed E-state index contributed by atoms with van der Waals surface area (Å²) >= 11 is 0. The lowest BCUT2D eigenvalue weighted by Crippen LogP contribution is -2.41. The Morgan fingerprint density at radius 2 is 2.00 bits per heavy atom. The highest BCUT2D eigenvalue weighted by atomic mass is 32.2. The Morgan fingerprint density at radius 1 is 1.22 bits per heavy atom. The number of alkyl halides is 3. The summed E-state index contributed by atoms with van der Waals surface area (Å²) in [5.74, 6) is -0.116. The zero-order valence-corrected chi connectivity index (χ0v) is 15.1. The lowest BCUT2D eigenvalue weighted by molar-refractivity contribution is -0.138. The molecule has 0 aliphatic carbocycles. The molecule has 27 heavy (non-hydrogen) atoms. The van der Waals surface area contributed by atoms with E-state index in [0.29, 0.717) is 12.2 Å². The maximum Gasteiger partial charge on any atom is 0.416 e. The second-order valence-electron chi connectivity index (χ2n) is 6.53. The minimum Gasteiger partial charge on any atom is -0.467 e. The second-order valence-corrected chi connectivity index (χ2v) is 8.76. The van der Waals surface area contributed by atoms with Crippen LogP contribution < -0.4 is 0 Å². The van der Waals surface area contributed by atoms with E-state index in [9.17, 15) is 26.4 Å². The average molecular weight is 401 g/mol. The van der Waals surface area contributed by atoms with E-state index in [2.05, 4.69) is 0 Å². The van der Waals surface area contributed by atoms with Crippen molar-refractivity contribution in [3.8, 4) is 0 Å². The van der Waals surface area contributed by atoms with Gasteiger partial charge in [0.2, 0.25) is 5.91 Å². The molecule has 0 N–H and O–H groups in total. The predicted octanol–water partition coefficient (Wildman–Crippen LogP) is 3.06. The van der Waals surface area contributed by atoms with Crippen LogP contribution in [-0.4, -0.2) is 36.8 Å². The zero-order valence-electron chi connectivity index (χ0n) is 14.3. The molecular formula is C18H18F3NO4S. The Morgan fingerprint density at radius 3 is 2.59 bits per heavy atom. The van der Waals surface area contributed by atoms with Crippen molar-refractivity contribution in [1.29, 1.82) is 0 Å². The van der Waals surface area contributed by atoms with Crippen molar-refractivity contribution in [2.24, 2.45) is 0 Å². The van der Waals surface area contributed by atoms with Crippen LogP contribution in [0.2, 0.25) is 0 Å². The summed E-state index contributed by atoms with van der Waals surface area (Å²) < 4.78 is 67.5. The van der Waals surface area contributed by atoms with Gasteiger partial charge in [0, 0.05) is 6.04 Å². The van der Waals surface area contributed by atoms with E-state index in [1.807, 2.05) is 0 Å². The molecule has 2 heterocycles. The van der Waals surface area contributed by atoms with Crippen LogP contribution in [0.25, 0.3) is 0 Å². The van der Waals surface area contributed by atoms with Crippen LogP contribution in [0.4, 0.5) is 13.2 Å². The van der Waals surface area contributed by atoms with E-state index in [1.165, 1.54) is 23.3 Å². The molecule has 2 aromatic rings. The van der Waals surface area contributed by atoms with E-state index < -0.39 is 33.5 Å². The third-order valence-electron chi connectivity index (χ3n) is 4.49. The molecule has 1 unspecified atom stereocenters. The molecule has 9 heteroatoms. The quantitative estimate of drug-likeness (QED) is 0.772. The summed E-state index contributed by atoms with van der Waals surface area (Å²) in [6, 6.07) is 7.38. The molecule has 0 saturated carbocycles. The summed E-state index contributed by atoms with van der Waals surface area (Å²) in [5.41, 5.74) is -0.603. The number of hydrogen-bond donors (Lipinski definition) is 0. The average Bonchev–Trinajstić information content (AvgIpc) is 3.21. The number of rotatable bonds is 5. The van der Waals surface area contributed by atoms with E-state index in [1.54, 1.807) is 12.1 Å². The smallest absolute Gasteiger partial charge is 0.416 e. The molecule has 1 saturated heterocycles. The Labute approximate surface area is 154 Å².